The van der Waals surface area contributed by atoms with E-state index in [9.17, 15) is 18.4 Å². The maximum Gasteiger partial charge on any atom is 0.573 e. The quantitative estimate of drug-likeness (QED) is 0.209. The van der Waals surface area contributed by atoms with Crippen molar-refractivity contribution < 1.29 is 42.1 Å². The zero-order valence-corrected chi connectivity index (χ0v) is 20.4. The highest BCUT2D eigenvalue weighted by molar-refractivity contribution is 5.83. The summed E-state index contributed by atoms with van der Waals surface area (Å²) in [5.41, 5.74) is 2.84. The normalized spacial score (nSPS) is 25.0. The SMILES string of the molecule is CCO[C@@H]1[C@@H](OC)[C@H](C)O[C@@H](c2cc(/C=C/c3ccc(OC(F)(F)F)cc3)ccc2C=NO)[C@H]1OC. The summed E-state index contributed by atoms with van der Waals surface area (Å²) >= 11 is 0. The first-order valence-corrected chi connectivity index (χ1v) is 11.4. The minimum absolute atomic E-state index is 0.290. The molecule has 0 saturated carbocycles. The predicted molar refractivity (Wildman–Crippen MR) is 128 cm³/mol. The smallest absolute Gasteiger partial charge is 0.411 e. The van der Waals surface area contributed by atoms with Crippen molar-refractivity contribution in [1.29, 1.82) is 0 Å². The highest BCUT2D eigenvalue weighted by Gasteiger charge is 2.46. The second-order valence-electron chi connectivity index (χ2n) is 8.17. The summed E-state index contributed by atoms with van der Waals surface area (Å²) < 4.78 is 64.8. The van der Waals surface area contributed by atoms with Crippen LogP contribution in [0.1, 0.15) is 42.2 Å². The van der Waals surface area contributed by atoms with Crippen molar-refractivity contribution in [3.63, 3.8) is 0 Å². The number of rotatable bonds is 9. The Kier molecular flexibility index (Phi) is 9.49. The third-order valence-corrected chi connectivity index (χ3v) is 5.87. The molecule has 1 aliphatic rings. The Morgan fingerprint density at radius 2 is 1.61 bits per heavy atom. The molecule has 0 bridgehead atoms. The number of nitrogens with zero attached hydrogens (tertiary/aromatic N) is 1. The minimum Gasteiger partial charge on any atom is -0.411 e. The summed E-state index contributed by atoms with van der Waals surface area (Å²) in [4.78, 5) is 0. The predicted octanol–water partition coefficient (Wildman–Crippen LogP) is 5.46. The van der Waals surface area contributed by atoms with Gasteiger partial charge in [-0.3, -0.25) is 0 Å². The lowest BCUT2D eigenvalue weighted by Crippen LogP contribution is -2.56. The molecule has 0 amide bonds. The Balaban J connectivity index is 1.92. The van der Waals surface area contributed by atoms with Crippen LogP contribution in [0.4, 0.5) is 13.2 Å². The first-order chi connectivity index (χ1) is 17.2. The van der Waals surface area contributed by atoms with Gasteiger partial charge in [0.1, 0.15) is 30.2 Å². The van der Waals surface area contributed by atoms with Crippen LogP contribution in [-0.4, -0.2) is 63.0 Å². The molecule has 3 rings (SSSR count). The fraction of sp³-hybridized carbons (Fsp3) is 0.423. The van der Waals surface area contributed by atoms with E-state index >= 15 is 0 Å². The molecule has 196 valence electrons. The Bertz CT molecular complexity index is 1040. The highest BCUT2D eigenvalue weighted by atomic mass is 19.4. The van der Waals surface area contributed by atoms with Crippen LogP contribution in [0.2, 0.25) is 0 Å². The van der Waals surface area contributed by atoms with Crippen LogP contribution in [0.5, 0.6) is 5.75 Å². The number of benzene rings is 2. The zero-order valence-electron chi connectivity index (χ0n) is 20.4. The van der Waals surface area contributed by atoms with E-state index in [-0.39, 0.29) is 18.0 Å². The number of alkyl halides is 3. The van der Waals surface area contributed by atoms with Gasteiger partial charge in [0.2, 0.25) is 0 Å². The number of hydrogen-bond acceptors (Lipinski definition) is 7. The lowest BCUT2D eigenvalue weighted by molar-refractivity contribution is -0.274. The average molecular weight is 510 g/mol. The van der Waals surface area contributed by atoms with Crippen molar-refractivity contribution in [2.45, 2.75) is 50.7 Å². The average Bonchev–Trinajstić information content (AvgIpc) is 2.83. The summed E-state index contributed by atoms with van der Waals surface area (Å²) in [6.45, 7) is 4.25. The van der Waals surface area contributed by atoms with E-state index in [0.717, 1.165) is 11.1 Å². The molecule has 0 aromatic heterocycles. The van der Waals surface area contributed by atoms with Crippen LogP contribution in [-0.2, 0) is 18.9 Å². The highest BCUT2D eigenvalue weighted by Crippen LogP contribution is 2.38. The second-order valence-corrected chi connectivity index (χ2v) is 8.17. The van der Waals surface area contributed by atoms with Gasteiger partial charge in [0.25, 0.3) is 0 Å². The largest absolute Gasteiger partial charge is 0.573 e. The van der Waals surface area contributed by atoms with Gasteiger partial charge in [0, 0.05) is 26.4 Å². The van der Waals surface area contributed by atoms with Crippen LogP contribution in [0.15, 0.2) is 47.6 Å². The van der Waals surface area contributed by atoms with Gasteiger partial charge in [-0.2, -0.15) is 0 Å². The molecule has 7 nitrogen and oxygen atoms in total. The Morgan fingerprint density at radius 3 is 2.19 bits per heavy atom. The van der Waals surface area contributed by atoms with E-state index in [2.05, 4.69) is 9.89 Å². The van der Waals surface area contributed by atoms with E-state index in [0.29, 0.717) is 17.7 Å². The van der Waals surface area contributed by atoms with Gasteiger partial charge in [0.05, 0.1) is 12.3 Å². The van der Waals surface area contributed by atoms with Crippen LogP contribution < -0.4 is 4.74 Å². The van der Waals surface area contributed by atoms with Crippen LogP contribution in [0.3, 0.4) is 0 Å². The molecule has 2 aromatic carbocycles. The summed E-state index contributed by atoms with van der Waals surface area (Å²) in [5, 5.41) is 12.4. The van der Waals surface area contributed by atoms with Gasteiger partial charge in [-0.05, 0) is 48.7 Å². The molecule has 10 heteroatoms. The summed E-state index contributed by atoms with van der Waals surface area (Å²) in [5.74, 6) is -0.290. The van der Waals surface area contributed by atoms with Crippen molar-refractivity contribution in [2.75, 3.05) is 20.8 Å². The molecule has 0 aliphatic carbocycles. The van der Waals surface area contributed by atoms with E-state index < -0.39 is 24.7 Å². The van der Waals surface area contributed by atoms with Crippen molar-refractivity contribution in [3.8, 4) is 5.75 Å². The Morgan fingerprint density at radius 1 is 0.972 bits per heavy atom. The van der Waals surface area contributed by atoms with Gasteiger partial charge in [-0.1, -0.05) is 41.6 Å². The summed E-state index contributed by atoms with van der Waals surface area (Å²) in [6, 6.07) is 11.0. The number of hydrogen-bond donors (Lipinski definition) is 1. The van der Waals surface area contributed by atoms with E-state index in [1.807, 2.05) is 32.1 Å². The topological polar surface area (TPSA) is 78.7 Å². The molecule has 0 unspecified atom stereocenters. The molecular weight excluding hydrogens is 479 g/mol. The maximum atomic E-state index is 12.4. The van der Waals surface area contributed by atoms with E-state index in [1.165, 1.54) is 30.5 Å². The second kappa shape index (κ2) is 12.4. The fourth-order valence-corrected chi connectivity index (χ4v) is 4.32. The van der Waals surface area contributed by atoms with Crippen molar-refractivity contribution in [3.05, 3.63) is 64.7 Å². The molecule has 1 heterocycles. The monoisotopic (exact) mass is 509 g/mol. The van der Waals surface area contributed by atoms with E-state index in [1.54, 1.807) is 26.4 Å². The zero-order chi connectivity index (χ0) is 26.3. The van der Waals surface area contributed by atoms with E-state index in [4.69, 9.17) is 18.9 Å². The molecule has 1 N–H and O–H groups in total. The molecule has 1 saturated heterocycles. The third kappa shape index (κ3) is 6.85. The lowest BCUT2D eigenvalue weighted by atomic mass is 9.88. The molecular formula is C26H30F3NO6. The number of methoxy groups -OCH3 is 2. The molecule has 0 spiro atoms. The fourth-order valence-electron chi connectivity index (χ4n) is 4.32. The van der Waals surface area contributed by atoms with Gasteiger partial charge in [-0.25, -0.2) is 0 Å². The Hall–Kier alpha value is -2.92. The molecule has 36 heavy (non-hydrogen) atoms. The molecule has 0 radical (unpaired) electrons. The molecule has 1 aliphatic heterocycles. The maximum absolute atomic E-state index is 12.4. The summed E-state index contributed by atoms with van der Waals surface area (Å²) in [7, 11) is 3.17. The Labute approximate surface area is 208 Å². The number of halogens is 3. The van der Waals surface area contributed by atoms with Crippen LogP contribution in [0, 0.1) is 0 Å². The van der Waals surface area contributed by atoms with Gasteiger partial charge < -0.3 is 28.9 Å². The molecule has 1 fully saturated rings. The van der Waals surface area contributed by atoms with Crippen LogP contribution in [0.25, 0.3) is 12.2 Å². The first-order valence-electron chi connectivity index (χ1n) is 11.4. The third-order valence-electron chi connectivity index (χ3n) is 5.87. The molecule has 2 aromatic rings. The standard InChI is InChI=1S/C26H30F3NO6/c1-5-34-25-22(32-3)16(2)35-23(24(25)33-4)21-14-18(8-11-19(21)15-30-31)7-6-17-9-12-20(13-10-17)36-26(27,28)29/h6-16,22-25,31H,5H2,1-4H3/b7-6+,30-15?/t16-,22-,23-,24+,25+/m0/s1. The van der Waals surface area contributed by atoms with Gasteiger partial charge in [-0.15, -0.1) is 13.2 Å². The van der Waals surface area contributed by atoms with Gasteiger partial charge >= 0.3 is 6.36 Å². The number of oxime groups is 1. The first kappa shape index (κ1) is 27.7. The van der Waals surface area contributed by atoms with Crippen molar-refractivity contribution in [1.82, 2.24) is 0 Å². The lowest BCUT2D eigenvalue weighted by Gasteiger charge is -2.45. The van der Waals surface area contributed by atoms with Crippen molar-refractivity contribution in [2.24, 2.45) is 5.16 Å². The summed E-state index contributed by atoms with van der Waals surface area (Å²) in [6.07, 6.45) is -1.93. The van der Waals surface area contributed by atoms with Crippen LogP contribution >= 0.6 is 0 Å². The minimum atomic E-state index is -4.74. The molecule has 5 atom stereocenters. The van der Waals surface area contributed by atoms with Crippen molar-refractivity contribution >= 4 is 18.4 Å². The van der Waals surface area contributed by atoms with Gasteiger partial charge in [0.15, 0.2) is 0 Å². The number of ether oxygens (including phenoxy) is 5.